The minimum atomic E-state index is 0.732. The van der Waals surface area contributed by atoms with Crippen LogP contribution in [0.5, 0.6) is 5.75 Å². The molecule has 2 aromatic rings. The number of nitrogens with zero attached hydrogens (tertiary/aromatic N) is 1. The van der Waals surface area contributed by atoms with Crippen molar-refractivity contribution in [1.29, 1.82) is 0 Å². The van der Waals surface area contributed by atoms with Crippen LogP contribution in [0.3, 0.4) is 0 Å². The van der Waals surface area contributed by atoms with Crippen molar-refractivity contribution >= 4 is 23.0 Å². The monoisotopic (exact) mass is 259 g/mol. The van der Waals surface area contributed by atoms with Crippen molar-refractivity contribution < 1.29 is 4.74 Å². The number of rotatable bonds is 3. The summed E-state index contributed by atoms with van der Waals surface area (Å²) in [5, 5.41) is 0.732. The van der Waals surface area contributed by atoms with Crippen LogP contribution in [0.1, 0.15) is 12.5 Å². The SMILES string of the molecule is COc1ccc(N=C(C)c2ccc(Cl)cc2)cc1. The normalized spacial score (nSPS) is 11.4. The number of hydrogen-bond acceptors (Lipinski definition) is 2. The molecule has 92 valence electrons. The van der Waals surface area contributed by atoms with Crippen LogP contribution in [0, 0.1) is 0 Å². The van der Waals surface area contributed by atoms with Crippen molar-refractivity contribution in [2.24, 2.45) is 4.99 Å². The van der Waals surface area contributed by atoms with E-state index >= 15 is 0 Å². The summed E-state index contributed by atoms with van der Waals surface area (Å²) in [5.41, 5.74) is 2.93. The molecule has 0 heterocycles. The molecule has 0 bridgehead atoms. The van der Waals surface area contributed by atoms with Crippen LogP contribution < -0.4 is 4.74 Å². The molecule has 0 fully saturated rings. The van der Waals surface area contributed by atoms with Gasteiger partial charge in [0.15, 0.2) is 0 Å². The van der Waals surface area contributed by atoms with Crippen molar-refractivity contribution in [1.82, 2.24) is 0 Å². The maximum Gasteiger partial charge on any atom is 0.119 e. The summed E-state index contributed by atoms with van der Waals surface area (Å²) < 4.78 is 5.11. The zero-order valence-corrected chi connectivity index (χ0v) is 11.1. The van der Waals surface area contributed by atoms with Crippen molar-refractivity contribution in [2.75, 3.05) is 7.11 Å². The largest absolute Gasteiger partial charge is 0.497 e. The van der Waals surface area contributed by atoms with Crippen LogP contribution in [0.4, 0.5) is 5.69 Å². The Bertz CT molecular complexity index is 544. The van der Waals surface area contributed by atoms with Gasteiger partial charge in [-0.05, 0) is 48.9 Å². The summed E-state index contributed by atoms with van der Waals surface area (Å²) in [6.45, 7) is 1.98. The van der Waals surface area contributed by atoms with Crippen LogP contribution in [0.2, 0.25) is 5.02 Å². The molecule has 0 atom stereocenters. The zero-order valence-electron chi connectivity index (χ0n) is 10.4. The Morgan fingerprint density at radius 2 is 1.61 bits per heavy atom. The lowest BCUT2D eigenvalue weighted by Crippen LogP contribution is -1.93. The quantitative estimate of drug-likeness (QED) is 0.745. The Morgan fingerprint density at radius 1 is 1.00 bits per heavy atom. The van der Waals surface area contributed by atoms with Gasteiger partial charge in [0.05, 0.1) is 12.8 Å². The lowest BCUT2D eigenvalue weighted by atomic mass is 10.1. The molecule has 2 nitrogen and oxygen atoms in total. The fraction of sp³-hybridized carbons (Fsp3) is 0.133. The Hall–Kier alpha value is -1.80. The summed E-state index contributed by atoms with van der Waals surface area (Å²) in [6, 6.07) is 15.3. The molecule has 0 saturated heterocycles. The van der Waals surface area contributed by atoms with E-state index in [2.05, 4.69) is 4.99 Å². The standard InChI is InChI=1S/C15H14ClNO/c1-11(12-3-5-13(16)6-4-12)17-14-7-9-15(18-2)10-8-14/h3-10H,1-2H3. The fourth-order valence-electron chi connectivity index (χ4n) is 1.61. The smallest absolute Gasteiger partial charge is 0.119 e. The van der Waals surface area contributed by atoms with Crippen LogP contribution in [0.15, 0.2) is 53.5 Å². The van der Waals surface area contributed by atoms with E-state index in [1.54, 1.807) is 7.11 Å². The van der Waals surface area contributed by atoms with E-state index in [1.807, 2.05) is 55.5 Å². The summed E-state index contributed by atoms with van der Waals surface area (Å²) >= 11 is 5.86. The minimum Gasteiger partial charge on any atom is -0.497 e. The number of hydrogen-bond donors (Lipinski definition) is 0. The zero-order chi connectivity index (χ0) is 13.0. The van der Waals surface area contributed by atoms with Crippen molar-refractivity contribution in [3.05, 3.63) is 59.1 Å². The molecule has 0 N–H and O–H groups in total. The van der Waals surface area contributed by atoms with E-state index in [0.717, 1.165) is 27.7 Å². The first-order valence-corrected chi connectivity index (χ1v) is 6.02. The second-order valence-corrected chi connectivity index (χ2v) is 4.34. The van der Waals surface area contributed by atoms with Crippen LogP contribution in [-0.4, -0.2) is 12.8 Å². The number of benzene rings is 2. The van der Waals surface area contributed by atoms with Gasteiger partial charge in [-0.3, -0.25) is 4.99 Å². The highest BCUT2D eigenvalue weighted by atomic mass is 35.5. The molecule has 2 rings (SSSR count). The molecular weight excluding hydrogens is 246 g/mol. The predicted molar refractivity (Wildman–Crippen MR) is 76.3 cm³/mol. The average Bonchev–Trinajstić information content (AvgIpc) is 2.40. The molecule has 3 heteroatoms. The molecule has 0 amide bonds. The maximum atomic E-state index is 5.86. The first-order chi connectivity index (χ1) is 8.69. The first-order valence-electron chi connectivity index (χ1n) is 5.64. The number of halogens is 1. The topological polar surface area (TPSA) is 21.6 Å². The lowest BCUT2D eigenvalue weighted by Gasteiger charge is -2.03. The van der Waals surface area contributed by atoms with Gasteiger partial charge in [-0.15, -0.1) is 0 Å². The number of methoxy groups -OCH3 is 1. The highest BCUT2D eigenvalue weighted by molar-refractivity contribution is 6.30. The Labute approximate surface area is 112 Å². The molecule has 0 aromatic heterocycles. The van der Waals surface area contributed by atoms with Crippen molar-refractivity contribution in [3.63, 3.8) is 0 Å². The van der Waals surface area contributed by atoms with E-state index < -0.39 is 0 Å². The molecule has 0 saturated carbocycles. The Morgan fingerprint density at radius 3 is 2.17 bits per heavy atom. The van der Waals surface area contributed by atoms with Crippen LogP contribution in [-0.2, 0) is 0 Å². The van der Waals surface area contributed by atoms with Crippen LogP contribution in [0.25, 0.3) is 0 Å². The molecule has 18 heavy (non-hydrogen) atoms. The van der Waals surface area contributed by atoms with Gasteiger partial charge in [-0.25, -0.2) is 0 Å². The van der Waals surface area contributed by atoms with E-state index in [9.17, 15) is 0 Å². The molecule has 0 aliphatic rings. The molecule has 0 aliphatic carbocycles. The van der Waals surface area contributed by atoms with E-state index in [4.69, 9.17) is 16.3 Å². The summed E-state index contributed by atoms with van der Waals surface area (Å²) in [5.74, 6) is 0.832. The summed E-state index contributed by atoms with van der Waals surface area (Å²) in [4.78, 5) is 4.55. The van der Waals surface area contributed by atoms with Gasteiger partial charge in [-0.1, -0.05) is 23.7 Å². The van der Waals surface area contributed by atoms with Gasteiger partial charge in [-0.2, -0.15) is 0 Å². The van der Waals surface area contributed by atoms with Gasteiger partial charge in [0.25, 0.3) is 0 Å². The molecule has 0 unspecified atom stereocenters. The Balaban J connectivity index is 2.23. The van der Waals surface area contributed by atoms with Gasteiger partial charge in [0.1, 0.15) is 5.75 Å². The van der Waals surface area contributed by atoms with Crippen LogP contribution >= 0.6 is 11.6 Å². The first kappa shape index (κ1) is 12.7. The molecule has 0 spiro atoms. The fourth-order valence-corrected chi connectivity index (χ4v) is 1.73. The highest BCUT2D eigenvalue weighted by Gasteiger charge is 1.98. The average molecular weight is 260 g/mol. The number of ether oxygens (including phenoxy) is 1. The second kappa shape index (κ2) is 5.69. The summed E-state index contributed by atoms with van der Waals surface area (Å²) in [7, 11) is 1.65. The maximum absolute atomic E-state index is 5.86. The third-order valence-corrected chi connectivity index (χ3v) is 2.88. The van der Waals surface area contributed by atoms with Crippen molar-refractivity contribution in [2.45, 2.75) is 6.92 Å². The molecule has 0 aliphatic heterocycles. The minimum absolute atomic E-state index is 0.732. The molecular formula is C15H14ClNO. The van der Waals surface area contributed by atoms with E-state index in [1.165, 1.54) is 0 Å². The predicted octanol–water partition coefficient (Wildman–Crippen LogP) is 4.49. The van der Waals surface area contributed by atoms with Gasteiger partial charge < -0.3 is 4.74 Å². The van der Waals surface area contributed by atoms with Gasteiger partial charge in [0.2, 0.25) is 0 Å². The van der Waals surface area contributed by atoms with Gasteiger partial charge in [0, 0.05) is 10.7 Å². The second-order valence-electron chi connectivity index (χ2n) is 3.90. The van der Waals surface area contributed by atoms with E-state index in [0.29, 0.717) is 0 Å². The Kier molecular flexibility index (Phi) is 4.00. The molecule has 2 aromatic carbocycles. The third-order valence-electron chi connectivity index (χ3n) is 2.63. The molecule has 0 radical (unpaired) electrons. The van der Waals surface area contributed by atoms with Gasteiger partial charge >= 0.3 is 0 Å². The lowest BCUT2D eigenvalue weighted by molar-refractivity contribution is 0.415. The third kappa shape index (κ3) is 3.11. The number of aliphatic imine (C=N–C) groups is 1. The summed E-state index contributed by atoms with van der Waals surface area (Å²) in [6.07, 6.45) is 0. The van der Waals surface area contributed by atoms with Crippen molar-refractivity contribution in [3.8, 4) is 5.75 Å². The van der Waals surface area contributed by atoms with E-state index in [-0.39, 0.29) is 0 Å². The highest BCUT2D eigenvalue weighted by Crippen LogP contribution is 2.19.